The molecular weight excluding hydrogens is 347 g/mol. The van der Waals surface area contributed by atoms with Crippen molar-refractivity contribution in [3.63, 3.8) is 0 Å². The second-order valence-corrected chi connectivity index (χ2v) is 6.33. The molecule has 1 aromatic heterocycles. The summed E-state index contributed by atoms with van der Waals surface area (Å²) in [4.78, 5) is 16.0. The summed E-state index contributed by atoms with van der Waals surface area (Å²) in [5.74, 6) is -0.707. The maximum Gasteiger partial charge on any atom is 0.573 e. The number of alkyl halides is 3. The van der Waals surface area contributed by atoms with Gasteiger partial charge in [0.1, 0.15) is 5.75 Å². The van der Waals surface area contributed by atoms with E-state index in [1.54, 1.807) is 30.5 Å². The summed E-state index contributed by atoms with van der Waals surface area (Å²) in [5, 5.41) is 0. The summed E-state index contributed by atoms with van der Waals surface area (Å²) in [6.45, 7) is 1.34. The third-order valence-electron chi connectivity index (χ3n) is 4.65. The standard InChI is InChI=1S/C19H18F3NO3/c1-13(24)25-17(16-5-2-3-12-23-16)18(10-4-11-18)14-6-8-15(9-7-14)26-19(20,21)22/h2-3,5-9,12,17H,4,10-11H2,1H3/t17-/m1/s1. The highest BCUT2D eigenvalue weighted by molar-refractivity contribution is 5.66. The first-order chi connectivity index (χ1) is 12.3. The fraction of sp³-hybridized carbons (Fsp3) is 0.368. The molecule has 26 heavy (non-hydrogen) atoms. The van der Waals surface area contributed by atoms with Crippen LogP contribution in [0.25, 0.3) is 0 Å². The van der Waals surface area contributed by atoms with E-state index in [4.69, 9.17) is 4.74 Å². The maximum atomic E-state index is 12.4. The summed E-state index contributed by atoms with van der Waals surface area (Å²) >= 11 is 0. The van der Waals surface area contributed by atoms with Crippen LogP contribution in [0.2, 0.25) is 0 Å². The van der Waals surface area contributed by atoms with Gasteiger partial charge in [0, 0.05) is 18.5 Å². The molecule has 0 spiro atoms. The van der Waals surface area contributed by atoms with Crippen molar-refractivity contribution in [2.75, 3.05) is 0 Å². The number of aromatic nitrogens is 1. The van der Waals surface area contributed by atoms with E-state index in [1.165, 1.54) is 19.1 Å². The summed E-state index contributed by atoms with van der Waals surface area (Å²) in [6, 6.07) is 11.1. The Kier molecular flexibility index (Phi) is 4.89. The van der Waals surface area contributed by atoms with Crippen molar-refractivity contribution in [3.8, 4) is 5.75 Å². The van der Waals surface area contributed by atoms with Crippen molar-refractivity contribution in [1.82, 2.24) is 4.98 Å². The number of hydrogen-bond acceptors (Lipinski definition) is 4. The van der Waals surface area contributed by atoms with Gasteiger partial charge in [-0.15, -0.1) is 13.2 Å². The van der Waals surface area contributed by atoms with Crippen molar-refractivity contribution in [2.24, 2.45) is 0 Å². The second-order valence-electron chi connectivity index (χ2n) is 6.33. The fourth-order valence-electron chi connectivity index (χ4n) is 3.40. The number of esters is 1. The minimum atomic E-state index is -4.73. The normalized spacial score (nSPS) is 17.1. The van der Waals surface area contributed by atoms with E-state index >= 15 is 0 Å². The molecule has 1 atom stereocenters. The zero-order valence-electron chi connectivity index (χ0n) is 14.1. The highest BCUT2D eigenvalue weighted by Crippen LogP contribution is 2.53. The Bertz CT molecular complexity index is 756. The smallest absolute Gasteiger partial charge is 0.455 e. The third kappa shape index (κ3) is 3.81. The predicted molar refractivity (Wildman–Crippen MR) is 87.4 cm³/mol. The number of benzene rings is 1. The molecular formula is C19H18F3NO3. The Morgan fingerprint density at radius 3 is 2.31 bits per heavy atom. The minimum absolute atomic E-state index is 0.280. The highest BCUT2D eigenvalue weighted by atomic mass is 19.4. The summed E-state index contributed by atoms with van der Waals surface area (Å²) in [5.41, 5.74) is 0.921. The van der Waals surface area contributed by atoms with Gasteiger partial charge in [-0.1, -0.05) is 24.6 Å². The van der Waals surface area contributed by atoms with Crippen LogP contribution in [-0.4, -0.2) is 17.3 Å². The molecule has 0 bridgehead atoms. The third-order valence-corrected chi connectivity index (χ3v) is 4.65. The van der Waals surface area contributed by atoms with Gasteiger partial charge in [0.25, 0.3) is 0 Å². The summed E-state index contributed by atoms with van der Waals surface area (Å²) in [6.07, 6.45) is -1.26. The monoisotopic (exact) mass is 365 g/mol. The Morgan fingerprint density at radius 2 is 1.85 bits per heavy atom. The van der Waals surface area contributed by atoms with Gasteiger partial charge >= 0.3 is 12.3 Å². The zero-order chi connectivity index (χ0) is 18.8. The van der Waals surface area contributed by atoms with Crippen LogP contribution >= 0.6 is 0 Å². The zero-order valence-corrected chi connectivity index (χ0v) is 14.1. The van der Waals surface area contributed by atoms with Gasteiger partial charge in [0.2, 0.25) is 0 Å². The number of hydrogen-bond donors (Lipinski definition) is 0. The van der Waals surface area contributed by atoms with Crippen LogP contribution in [0.1, 0.15) is 43.5 Å². The van der Waals surface area contributed by atoms with Gasteiger partial charge in [-0.3, -0.25) is 9.78 Å². The minimum Gasteiger partial charge on any atom is -0.455 e. The van der Waals surface area contributed by atoms with E-state index in [2.05, 4.69) is 9.72 Å². The van der Waals surface area contributed by atoms with E-state index < -0.39 is 23.9 Å². The van der Waals surface area contributed by atoms with Crippen LogP contribution in [0.5, 0.6) is 5.75 Å². The molecule has 0 saturated heterocycles. The number of carbonyl (C=O) groups is 1. The van der Waals surface area contributed by atoms with Crippen LogP contribution in [0.4, 0.5) is 13.2 Å². The average molecular weight is 365 g/mol. The number of pyridine rings is 1. The molecule has 0 aliphatic heterocycles. The van der Waals surface area contributed by atoms with Crippen molar-refractivity contribution in [2.45, 2.75) is 44.1 Å². The SMILES string of the molecule is CC(=O)O[C@H](c1ccccn1)C1(c2ccc(OC(F)(F)F)cc2)CCC1. The molecule has 1 aromatic carbocycles. The number of carbonyl (C=O) groups excluding carboxylic acids is 1. The van der Waals surface area contributed by atoms with Crippen molar-refractivity contribution < 1.29 is 27.4 Å². The molecule has 0 amide bonds. The lowest BCUT2D eigenvalue weighted by atomic mass is 9.60. The van der Waals surface area contributed by atoms with Crippen molar-refractivity contribution in [1.29, 1.82) is 0 Å². The molecule has 0 N–H and O–H groups in total. The van der Waals surface area contributed by atoms with E-state index in [9.17, 15) is 18.0 Å². The Labute approximate surface area is 149 Å². The molecule has 1 aliphatic carbocycles. The van der Waals surface area contributed by atoms with Crippen LogP contribution in [0, 0.1) is 0 Å². The highest BCUT2D eigenvalue weighted by Gasteiger charge is 2.49. The topological polar surface area (TPSA) is 48.4 Å². The molecule has 4 nitrogen and oxygen atoms in total. The Hall–Kier alpha value is -2.57. The molecule has 2 aromatic rings. The average Bonchev–Trinajstić information content (AvgIpc) is 2.53. The summed E-state index contributed by atoms with van der Waals surface area (Å²) < 4.78 is 46.6. The van der Waals surface area contributed by atoms with Gasteiger partial charge in [-0.25, -0.2) is 0 Å². The molecule has 7 heteroatoms. The largest absolute Gasteiger partial charge is 0.573 e. The molecule has 0 radical (unpaired) electrons. The number of rotatable bonds is 5. The number of nitrogens with zero attached hydrogens (tertiary/aromatic N) is 1. The van der Waals surface area contributed by atoms with Crippen LogP contribution < -0.4 is 4.74 Å². The molecule has 1 heterocycles. The predicted octanol–water partition coefficient (Wildman–Crippen LogP) is 4.71. The van der Waals surface area contributed by atoms with Crippen molar-refractivity contribution >= 4 is 5.97 Å². The molecule has 1 fully saturated rings. The lowest BCUT2D eigenvalue weighted by Crippen LogP contribution is -2.42. The molecule has 138 valence electrons. The van der Waals surface area contributed by atoms with Gasteiger partial charge in [0.05, 0.1) is 5.69 Å². The van der Waals surface area contributed by atoms with E-state index in [1.807, 2.05) is 6.07 Å². The Balaban J connectivity index is 1.94. The van der Waals surface area contributed by atoms with Crippen LogP contribution in [0.3, 0.4) is 0 Å². The van der Waals surface area contributed by atoms with E-state index in [0.29, 0.717) is 5.69 Å². The van der Waals surface area contributed by atoms with Gasteiger partial charge in [-0.05, 0) is 42.7 Å². The molecule has 3 rings (SSSR count). The fourth-order valence-corrected chi connectivity index (χ4v) is 3.40. The first-order valence-corrected chi connectivity index (χ1v) is 8.25. The maximum absolute atomic E-state index is 12.4. The first-order valence-electron chi connectivity index (χ1n) is 8.25. The molecule has 1 saturated carbocycles. The van der Waals surface area contributed by atoms with Crippen LogP contribution in [-0.2, 0) is 14.9 Å². The second kappa shape index (κ2) is 6.97. The quantitative estimate of drug-likeness (QED) is 0.720. The molecule has 1 aliphatic rings. The van der Waals surface area contributed by atoms with E-state index in [0.717, 1.165) is 24.8 Å². The van der Waals surface area contributed by atoms with Crippen molar-refractivity contribution in [3.05, 3.63) is 59.9 Å². The summed E-state index contributed by atoms with van der Waals surface area (Å²) in [7, 11) is 0. The first kappa shape index (κ1) is 18.2. The molecule has 0 unspecified atom stereocenters. The number of ether oxygens (including phenoxy) is 2. The Morgan fingerprint density at radius 1 is 1.15 bits per heavy atom. The number of halogens is 3. The van der Waals surface area contributed by atoms with Crippen LogP contribution in [0.15, 0.2) is 48.7 Å². The van der Waals surface area contributed by atoms with Gasteiger partial charge in [0.15, 0.2) is 6.10 Å². The lowest BCUT2D eigenvalue weighted by molar-refractivity contribution is -0.274. The van der Waals surface area contributed by atoms with E-state index in [-0.39, 0.29) is 5.75 Å². The van der Waals surface area contributed by atoms with Gasteiger partial charge < -0.3 is 9.47 Å². The lowest BCUT2D eigenvalue weighted by Gasteiger charge is -2.47. The van der Waals surface area contributed by atoms with Gasteiger partial charge in [-0.2, -0.15) is 0 Å².